The van der Waals surface area contributed by atoms with E-state index in [1.165, 1.54) is 53.2 Å². The quantitative estimate of drug-likeness (QED) is 0.314. The van der Waals surface area contributed by atoms with Gasteiger partial charge < -0.3 is 15.1 Å². The van der Waals surface area contributed by atoms with E-state index in [0.29, 0.717) is 5.56 Å². The zero-order valence-electron chi connectivity index (χ0n) is 20.0. The van der Waals surface area contributed by atoms with Gasteiger partial charge in [-0.3, -0.25) is 14.5 Å². The van der Waals surface area contributed by atoms with Crippen LogP contribution >= 0.6 is 0 Å². The molecule has 3 heterocycles. The summed E-state index contributed by atoms with van der Waals surface area (Å²) in [6.45, 7) is -0.837. The summed E-state index contributed by atoms with van der Waals surface area (Å²) in [5, 5.41) is 2.46. The maximum atomic E-state index is 14.8. The molecule has 198 valence electrons. The van der Waals surface area contributed by atoms with Crippen LogP contribution in [0.15, 0.2) is 42.5 Å². The molecular weight excluding hydrogens is 508 g/mol. The van der Waals surface area contributed by atoms with Crippen molar-refractivity contribution in [2.75, 3.05) is 31.6 Å². The highest BCUT2D eigenvalue weighted by Crippen LogP contribution is 2.42. The summed E-state index contributed by atoms with van der Waals surface area (Å²) in [5.41, 5.74) is 1.01. The van der Waals surface area contributed by atoms with Gasteiger partial charge in [-0.15, -0.1) is 6.42 Å². The molecule has 5 rings (SSSR count). The second-order valence-electron chi connectivity index (χ2n) is 9.32. The number of likely N-dealkylation sites (tertiary alicyclic amines) is 1. The lowest BCUT2D eigenvalue weighted by atomic mass is 9.83. The highest BCUT2D eigenvalue weighted by molar-refractivity contribution is 6.10. The Bertz CT molecular complexity index is 1360. The predicted octanol–water partition coefficient (Wildman–Crippen LogP) is 1.40. The number of carbonyl (C=O) groups is 3. The summed E-state index contributed by atoms with van der Waals surface area (Å²) in [6, 6.07) is 8.85. The maximum absolute atomic E-state index is 14.8. The van der Waals surface area contributed by atoms with E-state index in [1.807, 2.05) is 0 Å². The number of halogens is 4. The molecule has 0 aromatic heterocycles. The van der Waals surface area contributed by atoms with Crippen LogP contribution in [0.25, 0.3) is 0 Å². The minimum atomic E-state index is -4.57. The van der Waals surface area contributed by atoms with Crippen LogP contribution in [-0.4, -0.2) is 66.0 Å². The van der Waals surface area contributed by atoms with E-state index in [1.54, 1.807) is 0 Å². The van der Waals surface area contributed by atoms with E-state index in [0.717, 1.165) is 11.0 Å². The molecule has 9 nitrogen and oxygen atoms in total. The lowest BCUT2D eigenvalue weighted by Crippen LogP contribution is -2.81. The van der Waals surface area contributed by atoms with Crippen LogP contribution in [0, 0.1) is 18.2 Å². The highest BCUT2D eigenvalue weighted by Gasteiger charge is 2.65. The topological polar surface area (TPSA) is 117 Å². The number of amides is 4. The van der Waals surface area contributed by atoms with Gasteiger partial charge in [-0.1, -0.05) is 30.2 Å². The molecule has 0 bridgehead atoms. The molecule has 0 atom stereocenters. The molecule has 3 N–H and O–H groups in total. The van der Waals surface area contributed by atoms with Crippen molar-refractivity contribution in [3.05, 3.63) is 65.0 Å². The lowest BCUT2D eigenvalue weighted by Gasteiger charge is -2.57. The second-order valence-corrected chi connectivity index (χ2v) is 9.32. The molecule has 0 radical (unpaired) electrons. The number of alkyl halides is 3. The van der Waals surface area contributed by atoms with E-state index in [2.05, 4.69) is 22.1 Å². The first-order valence-corrected chi connectivity index (χ1v) is 11.5. The van der Waals surface area contributed by atoms with Crippen LogP contribution in [-0.2, 0) is 21.8 Å². The fourth-order valence-electron chi connectivity index (χ4n) is 4.90. The van der Waals surface area contributed by atoms with Crippen LogP contribution in [0.4, 0.5) is 28.0 Å². The molecule has 3 aliphatic rings. The largest absolute Gasteiger partial charge is 0.426 e. The number of carbonyl (C=O) groups excluding carboxylic acids is 3. The minimum absolute atomic E-state index is 0.0592. The number of anilines is 1. The zero-order chi connectivity index (χ0) is 27.5. The SMILES string of the molecule is C#Cc1ccc(N2CC(=O)N(Cc3ccc(C4(C(F)(F)F)NN4)cc3)C3(CN(C(=O)NC)C3)C2=O)c(F)c1. The molecule has 2 aromatic carbocycles. The number of benzene rings is 2. The number of nitrogens with zero attached hydrogens (tertiary/aromatic N) is 3. The summed E-state index contributed by atoms with van der Waals surface area (Å²) in [6.07, 6.45) is 0.743. The highest BCUT2D eigenvalue weighted by atomic mass is 19.4. The molecule has 0 saturated carbocycles. The standard InChI is InChI=1S/C25H22F4N6O3/c1-3-15-6-9-19(18(26)10-15)34-12-20(36)35(23(21(34)37)13-33(14-23)22(38)30-2)11-16-4-7-17(8-5-16)24(31-32-24)25(27,28)29/h1,4-10,31-32H,11-14H2,2H3,(H,30,38). The van der Waals surface area contributed by atoms with Crippen molar-refractivity contribution in [3.63, 3.8) is 0 Å². The Morgan fingerprint density at radius 2 is 1.79 bits per heavy atom. The van der Waals surface area contributed by atoms with E-state index < -0.39 is 47.6 Å². The molecule has 13 heteroatoms. The van der Waals surface area contributed by atoms with Gasteiger partial charge in [0.2, 0.25) is 11.6 Å². The van der Waals surface area contributed by atoms with Crippen molar-refractivity contribution in [1.82, 2.24) is 26.0 Å². The van der Waals surface area contributed by atoms with Crippen LogP contribution < -0.4 is 21.1 Å². The Balaban J connectivity index is 1.44. The van der Waals surface area contributed by atoms with Crippen molar-refractivity contribution in [3.8, 4) is 12.3 Å². The number of nitrogens with one attached hydrogen (secondary N) is 3. The third-order valence-corrected chi connectivity index (χ3v) is 7.09. The molecule has 0 aliphatic carbocycles. The molecule has 4 amide bonds. The van der Waals surface area contributed by atoms with Gasteiger partial charge in [-0.25, -0.2) is 20.0 Å². The number of urea groups is 1. The van der Waals surface area contributed by atoms with Crippen LogP contribution in [0.2, 0.25) is 0 Å². The Morgan fingerprint density at radius 3 is 2.32 bits per heavy atom. The first-order chi connectivity index (χ1) is 18.0. The number of hydrogen-bond donors (Lipinski definition) is 3. The van der Waals surface area contributed by atoms with Gasteiger partial charge in [0.05, 0.1) is 18.8 Å². The molecule has 3 fully saturated rings. The van der Waals surface area contributed by atoms with E-state index in [-0.39, 0.29) is 36.4 Å². The zero-order valence-corrected chi connectivity index (χ0v) is 20.0. The third kappa shape index (κ3) is 3.84. The molecule has 1 spiro atoms. The fourth-order valence-corrected chi connectivity index (χ4v) is 4.90. The number of hydrogen-bond acceptors (Lipinski definition) is 5. The Kier molecular flexibility index (Phi) is 5.85. The average Bonchev–Trinajstić information content (AvgIpc) is 3.68. The lowest BCUT2D eigenvalue weighted by molar-refractivity contribution is -0.165. The second kappa shape index (κ2) is 8.71. The summed E-state index contributed by atoms with van der Waals surface area (Å²) < 4.78 is 55.0. The van der Waals surface area contributed by atoms with Gasteiger partial charge in [0.25, 0.3) is 5.91 Å². The van der Waals surface area contributed by atoms with Crippen LogP contribution in [0.3, 0.4) is 0 Å². The molecule has 38 heavy (non-hydrogen) atoms. The van der Waals surface area contributed by atoms with Crippen molar-refractivity contribution >= 4 is 23.5 Å². The van der Waals surface area contributed by atoms with Gasteiger partial charge in [-0.05, 0) is 29.3 Å². The average molecular weight is 530 g/mol. The fraction of sp³-hybridized carbons (Fsp3) is 0.320. The number of hydrazine groups is 1. The molecule has 2 aromatic rings. The van der Waals surface area contributed by atoms with Gasteiger partial charge in [-0.2, -0.15) is 13.2 Å². The monoisotopic (exact) mass is 530 g/mol. The summed E-state index contributed by atoms with van der Waals surface area (Å²) in [7, 11) is 1.42. The number of rotatable bonds is 4. The van der Waals surface area contributed by atoms with Crippen LogP contribution in [0.1, 0.15) is 16.7 Å². The Labute approximate surface area is 214 Å². The Morgan fingerprint density at radius 1 is 1.13 bits per heavy atom. The van der Waals surface area contributed by atoms with Crippen molar-refractivity contribution in [1.29, 1.82) is 0 Å². The molecule has 3 aliphatic heterocycles. The minimum Gasteiger partial charge on any atom is -0.341 e. The van der Waals surface area contributed by atoms with Crippen molar-refractivity contribution in [2.45, 2.75) is 23.9 Å². The summed E-state index contributed by atoms with van der Waals surface area (Å²) >= 11 is 0. The van der Waals surface area contributed by atoms with Crippen LogP contribution in [0.5, 0.6) is 0 Å². The molecule has 0 unspecified atom stereocenters. The maximum Gasteiger partial charge on any atom is 0.426 e. The normalized spacial score (nSPS) is 19.7. The Hall–Kier alpha value is -4.15. The number of terminal acetylenes is 1. The van der Waals surface area contributed by atoms with Gasteiger partial charge >= 0.3 is 12.2 Å². The molecule has 3 saturated heterocycles. The van der Waals surface area contributed by atoms with E-state index >= 15 is 0 Å². The third-order valence-electron chi connectivity index (χ3n) is 7.09. The summed E-state index contributed by atoms with van der Waals surface area (Å²) in [4.78, 5) is 43.0. The first-order valence-electron chi connectivity index (χ1n) is 11.5. The summed E-state index contributed by atoms with van der Waals surface area (Å²) in [5.74, 6) is 0.436. The smallest absolute Gasteiger partial charge is 0.341 e. The van der Waals surface area contributed by atoms with Gasteiger partial charge in [0.1, 0.15) is 12.4 Å². The van der Waals surface area contributed by atoms with Gasteiger partial charge in [0, 0.05) is 19.2 Å². The van der Waals surface area contributed by atoms with Gasteiger partial charge in [0.15, 0.2) is 5.54 Å². The number of piperazine rings is 1. The van der Waals surface area contributed by atoms with Crippen molar-refractivity contribution < 1.29 is 31.9 Å². The van der Waals surface area contributed by atoms with E-state index in [4.69, 9.17) is 6.42 Å². The first kappa shape index (κ1) is 25.5. The predicted molar refractivity (Wildman–Crippen MR) is 126 cm³/mol. The van der Waals surface area contributed by atoms with E-state index in [9.17, 15) is 31.9 Å². The van der Waals surface area contributed by atoms with Crippen molar-refractivity contribution in [2.24, 2.45) is 0 Å². The molecular formula is C25H22F4N6O3.